The summed E-state index contributed by atoms with van der Waals surface area (Å²) >= 11 is 6.21. The lowest BCUT2D eigenvalue weighted by Gasteiger charge is -2.19. The average Bonchev–Trinajstić information content (AvgIpc) is 2.78. The van der Waals surface area contributed by atoms with Gasteiger partial charge in [0.15, 0.2) is 0 Å². The Morgan fingerprint density at radius 1 is 1.44 bits per heavy atom. The molecule has 5 nitrogen and oxygen atoms in total. The zero-order valence-electron chi connectivity index (χ0n) is 10.5. The Labute approximate surface area is 111 Å². The smallest absolute Gasteiger partial charge is 0.0799 e. The first-order valence-electron chi connectivity index (χ1n) is 5.91. The summed E-state index contributed by atoms with van der Waals surface area (Å²) in [5, 5.41) is 12.0. The molecule has 2 rings (SSSR count). The number of pyridine rings is 1. The summed E-state index contributed by atoms with van der Waals surface area (Å²) in [4.78, 5) is 4.01. The molecule has 0 saturated carbocycles. The van der Waals surface area contributed by atoms with Crippen LogP contribution in [0.15, 0.2) is 24.7 Å². The summed E-state index contributed by atoms with van der Waals surface area (Å²) < 4.78 is 1.75. The van der Waals surface area contributed by atoms with Gasteiger partial charge in [0.05, 0.1) is 23.0 Å². The molecule has 0 aliphatic carbocycles. The summed E-state index contributed by atoms with van der Waals surface area (Å²) in [6, 6.07) is 1.91. The van der Waals surface area contributed by atoms with Crippen molar-refractivity contribution in [3.05, 3.63) is 40.9 Å². The van der Waals surface area contributed by atoms with E-state index < -0.39 is 0 Å². The number of hydrogen-bond donors (Lipinski definition) is 1. The topological polar surface area (TPSA) is 55.6 Å². The molecule has 96 valence electrons. The first-order valence-corrected chi connectivity index (χ1v) is 6.29. The zero-order valence-corrected chi connectivity index (χ0v) is 11.2. The highest BCUT2D eigenvalue weighted by Gasteiger charge is 2.19. The van der Waals surface area contributed by atoms with E-state index in [0.717, 1.165) is 24.2 Å². The van der Waals surface area contributed by atoms with E-state index in [9.17, 15) is 0 Å². The summed E-state index contributed by atoms with van der Waals surface area (Å²) in [5.74, 6) is 0. The molecule has 0 saturated heterocycles. The highest BCUT2D eigenvalue weighted by atomic mass is 35.5. The van der Waals surface area contributed by atoms with Crippen molar-refractivity contribution in [1.82, 2.24) is 25.3 Å². The van der Waals surface area contributed by atoms with Gasteiger partial charge in [-0.1, -0.05) is 23.7 Å². The predicted octanol–water partition coefficient (Wildman–Crippen LogP) is 1.95. The molecule has 18 heavy (non-hydrogen) atoms. The molecule has 6 heteroatoms. The molecular formula is C12H16ClN5. The third-order valence-electron chi connectivity index (χ3n) is 2.76. The minimum Gasteiger partial charge on any atom is -0.305 e. The Bertz CT molecular complexity index is 511. The second kappa shape index (κ2) is 5.93. The minimum atomic E-state index is -0.0135. The number of nitrogens with one attached hydrogen (secondary N) is 1. The molecule has 2 aromatic rings. The van der Waals surface area contributed by atoms with Crippen LogP contribution in [-0.4, -0.2) is 26.5 Å². The van der Waals surface area contributed by atoms with E-state index >= 15 is 0 Å². The molecule has 1 N–H and O–H groups in total. The Hall–Kier alpha value is -1.46. The third kappa shape index (κ3) is 2.68. The van der Waals surface area contributed by atoms with Gasteiger partial charge in [-0.05, 0) is 24.6 Å². The number of aryl methyl sites for hydroxylation is 1. The van der Waals surface area contributed by atoms with Gasteiger partial charge in [0.25, 0.3) is 0 Å². The van der Waals surface area contributed by atoms with Gasteiger partial charge in [0, 0.05) is 19.4 Å². The fraction of sp³-hybridized carbons (Fsp3) is 0.417. The van der Waals surface area contributed by atoms with E-state index in [2.05, 4.69) is 27.5 Å². The number of rotatable bonds is 5. The monoisotopic (exact) mass is 265 g/mol. The highest BCUT2D eigenvalue weighted by molar-refractivity contribution is 6.31. The lowest BCUT2D eigenvalue weighted by Crippen LogP contribution is -2.25. The van der Waals surface area contributed by atoms with Gasteiger partial charge in [-0.2, -0.15) is 0 Å². The van der Waals surface area contributed by atoms with Gasteiger partial charge < -0.3 is 5.32 Å². The maximum absolute atomic E-state index is 6.21. The van der Waals surface area contributed by atoms with Gasteiger partial charge in [-0.15, -0.1) is 5.10 Å². The summed E-state index contributed by atoms with van der Waals surface area (Å²) in [6.07, 6.45) is 6.20. The van der Waals surface area contributed by atoms with Crippen LogP contribution in [0.3, 0.4) is 0 Å². The normalized spacial score (nSPS) is 12.6. The molecule has 2 heterocycles. The Kier molecular flexibility index (Phi) is 4.28. The first kappa shape index (κ1) is 13.0. The van der Waals surface area contributed by atoms with Crippen molar-refractivity contribution in [1.29, 1.82) is 0 Å². The van der Waals surface area contributed by atoms with Crippen LogP contribution in [0.5, 0.6) is 0 Å². The van der Waals surface area contributed by atoms with E-state index in [1.165, 1.54) is 0 Å². The Morgan fingerprint density at radius 3 is 2.89 bits per heavy atom. The van der Waals surface area contributed by atoms with Crippen LogP contribution >= 0.6 is 11.6 Å². The summed E-state index contributed by atoms with van der Waals surface area (Å²) in [6.45, 7) is 3.02. The fourth-order valence-electron chi connectivity index (χ4n) is 1.84. The summed E-state index contributed by atoms with van der Waals surface area (Å²) in [7, 11) is 1.87. The SMILES string of the molecule is CCCNC(c1ccncc1Cl)c1cnnn1C. The number of halogens is 1. The van der Waals surface area contributed by atoms with Crippen LogP contribution < -0.4 is 5.32 Å². The molecule has 0 radical (unpaired) electrons. The molecule has 0 amide bonds. The van der Waals surface area contributed by atoms with Crippen molar-refractivity contribution >= 4 is 11.6 Å². The van der Waals surface area contributed by atoms with Crippen molar-refractivity contribution in [2.75, 3.05) is 6.54 Å². The molecular weight excluding hydrogens is 250 g/mol. The average molecular weight is 266 g/mol. The van der Waals surface area contributed by atoms with Crippen LogP contribution in [0.1, 0.15) is 30.6 Å². The van der Waals surface area contributed by atoms with Gasteiger partial charge in [-0.25, -0.2) is 0 Å². The van der Waals surface area contributed by atoms with E-state index in [1.54, 1.807) is 23.3 Å². The van der Waals surface area contributed by atoms with Crippen molar-refractivity contribution in [3.63, 3.8) is 0 Å². The van der Waals surface area contributed by atoms with Crippen LogP contribution in [0, 0.1) is 0 Å². The third-order valence-corrected chi connectivity index (χ3v) is 3.07. The van der Waals surface area contributed by atoms with Crippen LogP contribution in [0.2, 0.25) is 5.02 Å². The maximum Gasteiger partial charge on any atom is 0.0799 e. The second-order valence-corrected chi connectivity index (χ2v) is 4.47. The van der Waals surface area contributed by atoms with Crippen molar-refractivity contribution < 1.29 is 0 Å². The van der Waals surface area contributed by atoms with Gasteiger partial charge in [0.2, 0.25) is 0 Å². The summed E-state index contributed by atoms with van der Waals surface area (Å²) in [5.41, 5.74) is 1.97. The Balaban J connectivity index is 2.37. The van der Waals surface area contributed by atoms with Crippen molar-refractivity contribution in [3.8, 4) is 0 Å². The van der Waals surface area contributed by atoms with E-state index in [0.29, 0.717) is 5.02 Å². The molecule has 1 unspecified atom stereocenters. The molecule has 0 aliphatic heterocycles. The molecule has 0 fully saturated rings. The molecule has 0 bridgehead atoms. The quantitative estimate of drug-likeness (QED) is 0.898. The molecule has 1 atom stereocenters. The maximum atomic E-state index is 6.21. The van der Waals surface area contributed by atoms with E-state index in [-0.39, 0.29) is 6.04 Å². The first-order chi connectivity index (χ1) is 8.74. The van der Waals surface area contributed by atoms with Gasteiger partial charge in [-0.3, -0.25) is 9.67 Å². The van der Waals surface area contributed by atoms with E-state index in [1.807, 2.05) is 13.1 Å². The van der Waals surface area contributed by atoms with Crippen LogP contribution in [0.4, 0.5) is 0 Å². The molecule has 0 aliphatic rings. The lowest BCUT2D eigenvalue weighted by atomic mass is 10.1. The van der Waals surface area contributed by atoms with Crippen molar-refractivity contribution in [2.24, 2.45) is 7.05 Å². The zero-order chi connectivity index (χ0) is 13.0. The fourth-order valence-corrected chi connectivity index (χ4v) is 2.07. The number of aromatic nitrogens is 4. The van der Waals surface area contributed by atoms with E-state index in [4.69, 9.17) is 11.6 Å². The molecule has 2 aromatic heterocycles. The molecule has 0 aromatic carbocycles. The lowest BCUT2D eigenvalue weighted by molar-refractivity contribution is 0.550. The largest absolute Gasteiger partial charge is 0.305 e. The number of nitrogens with zero attached hydrogens (tertiary/aromatic N) is 4. The van der Waals surface area contributed by atoms with Crippen molar-refractivity contribution in [2.45, 2.75) is 19.4 Å². The number of hydrogen-bond acceptors (Lipinski definition) is 4. The predicted molar refractivity (Wildman–Crippen MR) is 70.4 cm³/mol. The Morgan fingerprint density at radius 2 is 2.28 bits per heavy atom. The molecule has 0 spiro atoms. The van der Waals surface area contributed by atoms with Crippen LogP contribution in [-0.2, 0) is 7.05 Å². The van der Waals surface area contributed by atoms with Crippen LogP contribution in [0.25, 0.3) is 0 Å². The standard InChI is InChI=1S/C12H16ClN5/c1-3-5-15-12(11-8-16-17-18(11)2)9-4-6-14-7-10(9)13/h4,6-8,12,15H,3,5H2,1-2H3. The highest BCUT2D eigenvalue weighted by Crippen LogP contribution is 2.26. The van der Waals surface area contributed by atoms with Gasteiger partial charge >= 0.3 is 0 Å². The van der Waals surface area contributed by atoms with Gasteiger partial charge in [0.1, 0.15) is 0 Å². The second-order valence-electron chi connectivity index (χ2n) is 4.07. The minimum absolute atomic E-state index is 0.0135.